The van der Waals surface area contributed by atoms with Gasteiger partial charge in [-0.15, -0.1) is 0 Å². The van der Waals surface area contributed by atoms with Crippen LogP contribution in [-0.2, 0) is 9.53 Å². The molecular formula is C22H18FN3O3. The van der Waals surface area contributed by atoms with Crippen LogP contribution in [0.5, 0.6) is 0 Å². The smallest absolute Gasteiger partial charge is 0.339 e. The molecular weight excluding hydrogens is 373 g/mol. The normalized spacial score (nSPS) is 10.4. The zero-order chi connectivity index (χ0) is 20.8. The Morgan fingerprint density at radius 2 is 1.90 bits per heavy atom. The highest BCUT2D eigenvalue weighted by Crippen LogP contribution is 2.21. The number of halogens is 1. The van der Waals surface area contributed by atoms with Crippen molar-refractivity contribution in [2.24, 2.45) is 0 Å². The Balaban J connectivity index is 1.79. The number of aryl methyl sites for hydroxylation is 1. The molecule has 29 heavy (non-hydrogen) atoms. The summed E-state index contributed by atoms with van der Waals surface area (Å²) in [4.78, 5) is 30.7. The van der Waals surface area contributed by atoms with Gasteiger partial charge in [0, 0.05) is 17.6 Å². The number of aromatic nitrogens is 1. The summed E-state index contributed by atoms with van der Waals surface area (Å²) < 4.78 is 19.3. The summed E-state index contributed by atoms with van der Waals surface area (Å²) in [6.07, 6.45) is 0.0161. The standard InChI is InChI=1S/C22H18FN3O3/c1-15-13-17(16-7-2-4-9-19(16)25-15)22(28)29-14-21(27)26(12-6-11-24)20-10-5-3-8-18(20)23/h2-5,7-10,13H,6,12,14H2,1H3. The second-order valence-corrected chi connectivity index (χ2v) is 6.31. The minimum absolute atomic E-state index is 0.00882. The zero-order valence-electron chi connectivity index (χ0n) is 15.8. The number of rotatable bonds is 6. The number of hydrogen-bond acceptors (Lipinski definition) is 5. The van der Waals surface area contributed by atoms with Crippen molar-refractivity contribution in [1.82, 2.24) is 4.98 Å². The van der Waals surface area contributed by atoms with Crippen LogP contribution >= 0.6 is 0 Å². The molecule has 0 aliphatic rings. The molecule has 6 nitrogen and oxygen atoms in total. The van der Waals surface area contributed by atoms with E-state index >= 15 is 0 Å². The monoisotopic (exact) mass is 391 g/mol. The average molecular weight is 391 g/mol. The lowest BCUT2D eigenvalue weighted by Crippen LogP contribution is -2.36. The van der Waals surface area contributed by atoms with E-state index in [1.165, 1.54) is 18.2 Å². The molecule has 146 valence electrons. The van der Waals surface area contributed by atoms with Gasteiger partial charge in [0.05, 0.1) is 29.3 Å². The second-order valence-electron chi connectivity index (χ2n) is 6.31. The second kappa shape index (κ2) is 8.93. The van der Waals surface area contributed by atoms with Gasteiger partial charge >= 0.3 is 5.97 Å². The number of anilines is 1. The third-order valence-corrected chi connectivity index (χ3v) is 4.28. The fourth-order valence-electron chi connectivity index (χ4n) is 2.97. The molecule has 0 saturated heterocycles. The molecule has 0 N–H and O–H groups in total. The van der Waals surface area contributed by atoms with Crippen LogP contribution in [0.15, 0.2) is 54.6 Å². The number of hydrogen-bond donors (Lipinski definition) is 0. The lowest BCUT2D eigenvalue weighted by molar-refractivity contribution is -0.121. The number of pyridine rings is 1. The predicted molar refractivity (Wildman–Crippen MR) is 106 cm³/mol. The molecule has 0 bridgehead atoms. The molecule has 7 heteroatoms. The Kier molecular flexibility index (Phi) is 6.15. The Bertz CT molecular complexity index is 1110. The van der Waals surface area contributed by atoms with Gasteiger partial charge in [0.2, 0.25) is 0 Å². The van der Waals surface area contributed by atoms with Crippen molar-refractivity contribution in [2.75, 3.05) is 18.1 Å². The van der Waals surface area contributed by atoms with Gasteiger partial charge in [-0.2, -0.15) is 5.26 Å². The summed E-state index contributed by atoms with van der Waals surface area (Å²) in [5.41, 5.74) is 1.63. The van der Waals surface area contributed by atoms with E-state index in [1.807, 2.05) is 12.1 Å². The van der Waals surface area contributed by atoms with Crippen molar-refractivity contribution < 1.29 is 18.7 Å². The third-order valence-electron chi connectivity index (χ3n) is 4.28. The first-order valence-corrected chi connectivity index (χ1v) is 8.96. The number of fused-ring (bicyclic) bond motifs is 1. The molecule has 0 aliphatic carbocycles. The van der Waals surface area contributed by atoms with Crippen molar-refractivity contribution in [2.45, 2.75) is 13.3 Å². The maximum atomic E-state index is 14.1. The molecule has 0 unspecified atom stereocenters. The quantitative estimate of drug-likeness (QED) is 0.597. The number of ether oxygens (including phenoxy) is 1. The summed E-state index contributed by atoms with van der Waals surface area (Å²) in [7, 11) is 0. The van der Waals surface area contributed by atoms with Crippen molar-refractivity contribution in [3.8, 4) is 6.07 Å². The maximum Gasteiger partial charge on any atom is 0.339 e. The number of carbonyl (C=O) groups excluding carboxylic acids is 2. The van der Waals surface area contributed by atoms with E-state index in [9.17, 15) is 14.0 Å². The minimum atomic E-state index is -0.672. The van der Waals surface area contributed by atoms with E-state index in [-0.39, 0.29) is 18.7 Å². The number of carbonyl (C=O) groups is 2. The lowest BCUT2D eigenvalue weighted by Gasteiger charge is -2.22. The highest BCUT2D eigenvalue weighted by molar-refractivity contribution is 6.04. The third kappa shape index (κ3) is 4.55. The highest BCUT2D eigenvalue weighted by Gasteiger charge is 2.21. The van der Waals surface area contributed by atoms with Crippen LogP contribution in [0.3, 0.4) is 0 Å². The van der Waals surface area contributed by atoms with E-state index in [4.69, 9.17) is 10.00 Å². The maximum absolute atomic E-state index is 14.1. The number of nitriles is 1. The molecule has 3 rings (SSSR count). The SMILES string of the molecule is Cc1cc(C(=O)OCC(=O)N(CCC#N)c2ccccc2F)c2ccccc2n1. The van der Waals surface area contributed by atoms with Crippen LogP contribution in [0.4, 0.5) is 10.1 Å². The average Bonchev–Trinajstić information content (AvgIpc) is 2.72. The minimum Gasteiger partial charge on any atom is -0.452 e. The fourth-order valence-corrected chi connectivity index (χ4v) is 2.97. The molecule has 1 amide bonds. The Morgan fingerprint density at radius 1 is 1.17 bits per heavy atom. The number of nitrogens with zero attached hydrogens (tertiary/aromatic N) is 3. The van der Waals surface area contributed by atoms with Crippen LogP contribution in [0.25, 0.3) is 10.9 Å². The van der Waals surface area contributed by atoms with Crippen LogP contribution in [0, 0.1) is 24.1 Å². The Morgan fingerprint density at radius 3 is 2.66 bits per heavy atom. The molecule has 0 radical (unpaired) electrons. The molecule has 2 aromatic carbocycles. The van der Waals surface area contributed by atoms with Gasteiger partial charge in [-0.25, -0.2) is 9.18 Å². The van der Waals surface area contributed by atoms with Crippen LogP contribution in [0.2, 0.25) is 0 Å². The molecule has 0 saturated carbocycles. The van der Waals surface area contributed by atoms with E-state index < -0.39 is 24.3 Å². The van der Waals surface area contributed by atoms with Gasteiger partial charge in [-0.05, 0) is 31.2 Å². The lowest BCUT2D eigenvalue weighted by atomic mass is 10.1. The zero-order valence-corrected chi connectivity index (χ0v) is 15.8. The van der Waals surface area contributed by atoms with Crippen LogP contribution < -0.4 is 4.90 Å². The first kappa shape index (κ1) is 20.0. The first-order chi connectivity index (χ1) is 14.0. The van der Waals surface area contributed by atoms with Crippen molar-refractivity contribution in [3.05, 3.63) is 71.7 Å². The van der Waals surface area contributed by atoms with Crippen molar-refractivity contribution in [1.29, 1.82) is 5.26 Å². The molecule has 3 aromatic rings. The number of para-hydroxylation sites is 2. The Labute approximate surface area is 167 Å². The molecule has 0 fully saturated rings. The summed E-state index contributed by atoms with van der Waals surface area (Å²) in [5, 5.41) is 9.45. The van der Waals surface area contributed by atoms with Crippen LogP contribution in [0.1, 0.15) is 22.5 Å². The van der Waals surface area contributed by atoms with E-state index in [0.717, 1.165) is 4.90 Å². The van der Waals surface area contributed by atoms with E-state index in [2.05, 4.69) is 4.98 Å². The summed E-state index contributed by atoms with van der Waals surface area (Å²) in [6, 6.07) is 16.4. The van der Waals surface area contributed by atoms with E-state index in [0.29, 0.717) is 22.2 Å². The molecule has 0 aliphatic heterocycles. The predicted octanol–water partition coefficient (Wildman–Crippen LogP) is 3.79. The molecule has 1 heterocycles. The van der Waals surface area contributed by atoms with Gasteiger partial charge in [-0.3, -0.25) is 9.78 Å². The number of amides is 1. The van der Waals surface area contributed by atoms with Crippen molar-refractivity contribution >= 4 is 28.5 Å². The topological polar surface area (TPSA) is 83.3 Å². The van der Waals surface area contributed by atoms with Gasteiger partial charge in [0.15, 0.2) is 6.61 Å². The first-order valence-electron chi connectivity index (χ1n) is 8.96. The molecule has 0 atom stereocenters. The van der Waals surface area contributed by atoms with Gasteiger partial charge < -0.3 is 9.64 Å². The summed E-state index contributed by atoms with van der Waals surface area (Å²) >= 11 is 0. The Hall–Kier alpha value is -3.79. The number of benzene rings is 2. The van der Waals surface area contributed by atoms with E-state index in [1.54, 1.807) is 37.3 Å². The molecule has 0 spiro atoms. The summed E-state index contributed by atoms with van der Waals surface area (Å²) in [5.74, 6) is -1.89. The number of esters is 1. The highest BCUT2D eigenvalue weighted by atomic mass is 19.1. The van der Waals surface area contributed by atoms with Gasteiger partial charge in [0.1, 0.15) is 5.82 Å². The van der Waals surface area contributed by atoms with Crippen LogP contribution in [-0.4, -0.2) is 30.0 Å². The van der Waals surface area contributed by atoms with Crippen molar-refractivity contribution in [3.63, 3.8) is 0 Å². The molecule has 1 aromatic heterocycles. The summed E-state index contributed by atoms with van der Waals surface area (Å²) in [6.45, 7) is 1.18. The van der Waals surface area contributed by atoms with Gasteiger partial charge in [-0.1, -0.05) is 30.3 Å². The fraction of sp³-hybridized carbons (Fsp3) is 0.182. The van der Waals surface area contributed by atoms with Gasteiger partial charge in [0.25, 0.3) is 5.91 Å². The largest absolute Gasteiger partial charge is 0.452 e.